The molecule has 0 fully saturated rings. The molecule has 1 aliphatic carbocycles. The molecule has 1 aromatic rings. The monoisotopic (exact) mass is 200 g/mol. The minimum atomic E-state index is -0.392. The summed E-state index contributed by atoms with van der Waals surface area (Å²) in [5.74, 6) is 0. The molecule has 0 aliphatic heterocycles. The minimum Gasteiger partial charge on any atom is -0.399 e. The molecule has 0 amide bonds. The maximum absolute atomic E-state index is 6.31. The van der Waals surface area contributed by atoms with Crippen LogP contribution in [0.1, 0.15) is 17.5 Å². The number of hydrogen-bond donors (Lipinski definition) is 2. The van der Waals surface area contributed by atoms with Crippen molar-refractivity contribution in [3.63, 3.8) is 0 Å². The lowest BCUT2D eigenvalue weighted by molar-refractivity contribution is 0.562. The molecule has 0 saturated heterocycles. The largest absolute Gasteiger partial charge is 0.399 e. The van der Waals surface area contributed by atoms with Crippen LogP contribution in [0.25, 0.3) is 0 Å². The van der Waals surface area contributed by atoms with Crippen LogP contribution in [0.2, 0.25) is 0 Å². The van der Waals surface area contributed by atoms with E-state index in [0.717, 1.165) is 17.7 Å². The van der Waals surface area contributed by atoms with E-state index in [4.69, 9.17) is 11.5 Å². The van der Waals surface area contributed by atoms with E-state index in [-0.39, 0.29) is 0 Å². The van der Waals surface area contributed by atoms with Crippen molar-refractivity contribution in [2.24, 2.45) is 11.5 Å². The minimum absolute atomic E-state index is 0.392. The van der Waals surface area contributed by atoms with Gasteiger partial charge in [-0.05, 0) is 25.0 Å². The smallest absolute Gasteiger partial charge is 0.0634 e. The molecule has 4 N–H and O–H groups in total. The summed E-state index contributed by atoms with van der Waals surface area (Å²) in [7, 11) is 0. The Labute approximate surface area is 90.3 Å². The molecule has 0 saturated carbocycles. The Balaban J connectivity index is 2.32. The summed E-state index contributed by atoms with van der Waals surface area (Å²) in [6.07, 6.45) is 6.59. The van der Waals surface area contributed by atoms with Gasteiger partial charge in [0.2, 0.25) is 0 Å². The van der Waals surface area contributed by atoms with E-state index in [1.807, 2.05) is 18.2 Å². The van der Waals surface area contributed by atoms with Crippen molar-refractivity contribution in [3.8, 4) is 0 Å². The van der Waals surface area contributed by atoms with E-state index in [2.05, 4.69) is 31.2 Å². The fourth-order valence-corrected chi connectivity index (χ4v) is 1.75. The third kappa shape index (κ3) is 1.95. The normalized spacial score (nSPS) is 25.1. The predicted octanol–water partition coefficient (Wildman–Crippen LogP) is 1.95. The first-order valence-electron chi connectivity index (χ1n) is 5.11. The Morgan fingerprint density at radius 1 is 1.20 bits per heavy atom. The third-order valence-electron chi connectivity index (χ3n) is 2.84. The second-order valence-corrected chi connectivity index (χ2v) is 4.15. The molecule has 1 atom stereocenters. The third-order valence-corrected chi connectivity index (χ3v) is 2.84. The lowest BCUT2D eigenvalue weighted by Gasteiger charge is -2.28. The van der Waals surface area contributed by atoms with Crippen LogP contribution < -0.4 is 11.5 Å². The van der Waals surface area contributed by atoms with Crippen LogP contribution in [0.5, 0.6) is 0 Å². The lowest BCUT2D eigenvalue weighted by atomic mass is 9.84. The van der Waals surface area contributed by atoms with Gasteiger partial charge in [0.05, 0.1) is 5.54 Å². The van der Waals surface area contributed by atoms with E-state index < -0.39 is 5.54 Å². The van der Waals surface area contributed by atoms with Crippen molar-refractivity contribution in [2.75, 3.05) is 0 Å². The first-order valence-corrected chi connectivity index (χ1v) is 5.11. The Morgan fingerprint density at radius 2 is 1.87 bits per heavy atom. The Morgan fingerprint density at radius 3 is 2.40 bits per heavy atom. The molecule has 1 aliphatic rings. The highest BCUT2D eigenvalue weighted by molar-refractivity contribution is 5.37. The maximum atomic E-state index is 6.31. The van der Waals surface area contributed by atoms with Gasteiger partial charge in [0.15, 0.2) is 0 Å². The first kappa shape index (κ1) is 9.99. The van der Waals surface area contributed by atoms with Crippen molar-refractivity contribution < 1.29 is 0 Å². The van der Waals surface area contributed by atoms with Crippen LogP contribution in [-0.4, -0.2) is 0 Å². The molecule has 0 spiro atoms. The molecule has 0 radical (unpaired) electrons. The van der Waals surface area contributed by atoms with Crippen molar-refractivity contribution in [2.45, 2.75) is 18.9 Å². The topological polar surface area (TPSA) is 52.0 Å². The van der Waals surface area contributed by atoms with Crippen LogP contribution >= 0.6 is 0 Å². The highest BCUT2D eigenvalue weighted by atomic mass is 14.7. The van der Waals surface area contributed by atoms with Crippen LogP contribution in [0.3, 0.4) is 0 Å². The van der Waals surface area contributed by atoms with Crippen molar-refractivity contribution >= 4 is 0 Å². The molecule has 2 rings (SSSR count). The van der Waals surface area contributed by atoms with Gasteiger partial charge < -0.3 is 11.5 Å². The molecular weight excluding hydrogens is 184 g/mol. The van der Waals surface area contributed by atoms with Crippen LogP contribution in [0.4, 0.5) is 0 Å². The van der Waals surface area contributed by atoms with E-state index >= 15 is 0 Å². The van der Waals surface area contributed by atoms with Gasteiger partial charge in [0.1, 0.15) is 0 Å². The number of allylic oxidation sites excluding steroid dienone is 1. The van der Waals surface area contributed by atoms with Crippen LogP contribution in [-0.2, 0) is 5.54 Å². The zero-order valence-corrected chi connectivity index (χ0v) is 8.90. The molecule has 1 unspecified atom stereocenters. The molecule has 0 bridgehead atoms. The van der Waals surface area contributed by atoms with Crippen molar-refractivity contribution in [3.05, 3.63) is 59.3 Å². The molecule has 0 aromatic heterocycles. The van der Waals surface area contributed by atoms with Gasteiger partial charge in [-0.2, -0.15) is 0 Å². The van der Waals surface area contributed by atoms with Gasteiger partial charge in [-0.3, -0.25) is 0 Å². The number of benzene rings is 1. The standard InChI is InChI=1S/C13H16N2/c1-10-2-4-11(5-3-10)13(15)8-6-12(14)7-9-13/h2-8H,9,14-15H2,1H3. The molecule has 15 heavy (non-hydrogen) atoms. The SMILES string of the molecule is Cc1ccc(C2(N)C=CC(N)=CC2)cc1. The fourth-order valence-electron chi connectivity index (χ4n) is 1.75. The van der Waals surface area contributed by atoms with Gasteiger partial charge in [-0.1, -0.05) is 42.0 Å². The van der Waals surface area contributed by atoms with E-state index in [1.165, 1.54) is 5.56 Å². The second-order valence-electron chi connectivity index (χ2n) is 4.15. The number of rotatable bonds is 1. The molecular formula is C13H16N2. The molecule has 2 nitrogen and oxygen atoms in total. The van der Waals surface area contributed by atoms with Gasteiger partial charge in [0.25, 0.3) is 0 Å². The van der Waals surface area contributed by atoms with Crippen molar-refractivity contribution in [1.82, 2.24) is 0 Å². The van der Waals surface area contributed by atoms with Crippen LogP contribution in [0.15, 0.2) is 48.2 Å². The second kappa shape index (κ2) is 3.55. The van der Waals surface area contributed by atoms with Crippen LogP contribution in [0, 0.1) is 6.92 Å². The zero-order chi connectivity index (χ0) is 10.9. The van der Waals surface area contributed by atoms with E-state index in [9.17, 15) is 0 Å². The average Bonchev–Trinajstić information content (AvgIpc) is 2.24. The van der Waals surface area contributed by atoms with Crippen molar-refractivity contribution in [1.29, 1.82) is 0 Å². The molecule has 78 valence electrons. The predicted molar refractivity (Wildman–Crippen MR) is 63.1 cm³/mol. The Bertz CT molecular complexity index is 415. The van der Waals surface area contributed by atoms with E-state index in [1.54, 1.807) is 0 Å². The molecule has 0 heterocycles. The highest BCUT2D eigenvalue weighted by Crippen LogP contribution is 2.28. The zero-order valence-electron chi connectivity index (χ0n) is 8.90. The first-order chi connectivity index (χ1) is 7.10. The average molecular weight is 200 g/mol. The quantitative estimate of drug-likeness (QED) is 0.728. The summed E-state index contributed by atoms with van der Waals surface area (Å²) in [4.78, 5) is 0. The summed E-state index contributed by atoms with van der Waals surface area (Å²) in [5, 5.41) is 0. The Kier molecular flexibility index (Phi) is 2.37. The molecule has 1 aromatic carbocycles. The fraction of sp³-hybridized carbons (Fsp3) is 0.231. The number of hydrogen-bond acceptors (Lipinski definition) is 2. The summed E-state index contributed by atoms with van der Waals surface area (Å²) in [6, 6.07) is 8.32. The van der Waals surface area contributed by atoms with Gasteiger partial charge in [0, 0.05) is 5.70 Å². The lowest BCUT2D eigenvalue weighted by Crippen LogP contribution is -2.35. The summed E-state index contributed by atoms with van der Waals surface area (Å²) in [6.45, 7) is 2.07. The summed E-state index contributed by atoms with van der Waals surface area (Å²) in [5.41, 5.74) is 14.8. The summed E-state index contributed by atoms with van der Waals surface area (Å²) >= 11 is 0. The summed E-state index contributed by atoms with van der Waals surface area (Å²) < 4.78 is 0. The Hall–Kier alpha value is -1.54. The van der Waals surface area contributed by atoms with Gasteiger partial charge >= 0.3 is 0 Å². The molecule has 2 heteroatoms. The van der Waals surface area contributed by atoms with Gasteiger partial charge in [-0.25, -0.2) is 0 Å². The van der Waals surface area contributed by atoms with E-state index in [0.29, 0.717) is 0 Å². The van der Waals surface area contributed by atoms with Gasteiger partial charge in [-0.15, -0.1) is 0 Å². The highest BCUT2D eigenvalue weighted by Gasteiger charge is 2.24. The maximum Gasteiger partial charge on any atom is 0.0634 e. The number of nitrogens with two attached hydrogens (primary N) is 2. The number of aryl methyl sites for hydroxylation is 1.